The number of esters is 1. The first-order chi connectivity index (χ1) is 8.15. The van der Waals surface area contributed by atoms with E-state index in [4.69, 9.17) is 4.74 Å². The molecule has 0 spiro atoms. The summed E-state index contributed by atoms with van der Waals surface area (Å²) in [7, 11) is 0. The predicted molar refractivity (Wildman–Crippen MR) is 70.6 cm³/mol. The monoisotopic (exact) mass is 248 g/mol. The summed E-state index contributed by atoms with van der Waals surface area (Å²) in [4.78, 5) is 13.0. The fourth-order valence-corrected chi connectivity index (χ4v) is 2.74. The third-order valence-electron chi connectivity index (χ3n) is 3.04. The number of hydrogen-bond donors (Lipinski definition) is 0. The van der Waals surface area contributed by atoms with Crippen molar-refractivity contribution >= 4 is 17.7 Å². The van der Waals surface area contributed by atoms with Crippen LogP contribution in [0.4, 0.5) is 0 Å². The van der Waals surface area contributed by atoms with Gasteiger partial charge in [-0.2, -0.15) is 0 Å². The van der Waals surface area contributed by atoms with Crippen LogP contribution in [-0.4, -0.2) is 12.2 Å². The lowest BCUT2D eigenvalue weighted by molar-refractivity contribution is -0.140. The van der Waals surface area contributed by atoms with Gasteiger partial charge < -0.3 is 4.74 Å². The number of aryl methyl sites for hydroxylation is 1. The molecule has 0 aliphatic carbocycles. The van der Waals surface area contributed by atoms with Crippen LogP contribution in [0, 0.1) is 12.8 Å². The maximum absolute atomic E-state index is 11.7. The van der Waals surface area contributed by atoms with Crippen LogP contribution >= 0.6 is 11.8 Å². The number of hydrogen-bond acceptors (Lipinski definition) is 3. The van der Waals surface area contributed by atoms with Crippen molar-refractivity contribution in [3.8, 4) is 5.75 Å². The van der Waals surface area contributed by atoms with Crippen LogP contribution in [0.2, 0.25) is 0 Å². The molecule has 1 heterocycles. The Bertz CT molecular complexity index is 466. The molecule has 0 saturated heterocycles. The van der Waals surface area contributed by atoms with Crippen molar-refractivity contribution < 1.29 is 9.53 Å². The minimum atomic E-state index is -0.131. The highest BCUT2D eigenvalue weighted by Crippen LogP contribution is 2.34. The second-order valence-corrected chi connectivity index (χ2v) is 5.12. The van der Waals surface area contributed by atoms with Gasteiger partial charge in [0, 0.05) is 4.90 Å². The molecule has 90 valence electrons. The van der Waals surface area contributed by atoms with Crippen molar-refractivity contribution in [2.75, 3.05) is 6.26 Å². The van der Waals surface area contributed by atoms with Crippen molar-refractivity contribution in [1.82, 2.24) is 0 Å². The Kier molecular flexibility index (Phi) is 3.57. The van der Waals surface area contributed by atoms with Crippen LogP contribution in [0.3, 0.4) is 0 Å². The summed E-state index contributed by atoms with van der Waals surface area (Å²) in [6, 6.07) is 4.10. The van der Waals surface area contributed by atoms with Gasteiger partial charge in [0.25, 0.3) is 0 Å². The molecule has 0 saturated carbocycles. The van der Waals surface area contributed by atoms with Crippen molar-refractivity contribution in [3.63, 3.8) is 0 Å². The standard InChI is InChI=1S/C14H16O2S/c1-4-5-10-7-11-8-13(17-3)9(2)6-12(11)16-14(10)15/h4,6,8,10H,1,5,7H2,2-3H3. The molecule has 1 atom stereocenters. The molecule has 2 rings (SSSR count). The fraction of sp³-hybridized carbons (Fsp3) is 0.357. The van der Waals surface area contributed by atoms with Crippen LogP contribution in [0.15, 0.2) is 29.7 Å². The van der Waals surface area contributed by atoms with E-state index in [1.165, 1.54) is 4.90 Å². The van der Waals surface area contributed by atoms with Gasteiger partial charge in [-0.3, -0.25) is 4.79 Å². The number of benzene rings is 1. The first-order valence-corrected chi connectivity index (χ1v) is 6.88. The van der Waals surface area contributed by atoms with E-state index in [0.717, 1.165) is 23.3 Å². The van der Waals surface area contributed by atoms with E-state index in [-0.39, 0.29) is 11.9 Å². The molecule has 1 aromatic rings. The lowest BCUT2D eigenvalue weighted by Gasteiger charge is -2.23. The van der Waals surface area contributed by atoms with Crippen molar-refractivity contribution in [1.29, 1.82) is 0 Å². The molecular weight excluding hydrogens is 232 g/mol. The Hall–Kier alpha value is -1.22. The molecule has 0 N–H and O–H groups in total. The first kappa shape index (κ1) is 12.2. The van der Waals surface area contributed by atoms with E-state index in [1.807, 2.05) is 13.0 Å². The molecule has 1 aliphatic rings. The summed E-state index contributed by atoms with van der Waals surface area (Å²) >= 11 is 1.72. The summed E-state index contributed by atoms with van der Waals surface area (Å²) in [6.45, 7) is 5.72. The van der Waals surface area contributed by atoms with Crippen LogP contribution in [-0.2, 0) is 11.2 Å². The lowest BCUT2D eigenvalue weighted by Crippen LogP contribution is -2.27. The van der Waals surface area contributed by atoms with Gasteiger partial charge in [0.1, 0.15) is 5.75 Å². The van der Waals surface area contributed by atoms with E-state index in [0.29, 0.717) is 6.42 Å². The maximum atomic E-state index is 11.7. The molecular formula is C14H16O2S. The zero-order valence-electron chi connectivity index (χ0n) is 10.2. The second-order valence-electron chi connectivity index (χ2n) is 4.28. The minimum absolute atomic E-state index is 0.0718. The Morgan fingerprint density at radius 2 is 2.35 bits per heavy atom. The smallest absolute Gasteiger partial charge is 0.314 e. The highest BCUT2D eigenvalue weighted by atomic mass is 32.2. The SMILES string of the molecule is C=CCC1Cc2cc(SC)c(C)cc2OC1=O. The molecule has 0 fully saturated rings. The van der Waals surface area contributed by atoms with E-state index in [9.17, 15) is 4.79 Å². The van der Waals surface area contributed by atoms with Gasteiger partial charge >= 0.3 is 5.97 Å². The first-order valence-electron chi connectivity index (χ1n) is 5.65. The predicted octanol–water partition coefficient (Wildman–Crippen LogP) is 3.37. The number of carbonyl (C=O) groups is 1. The molecule has 0 radical (unpaired) electrons. The highest BCUT2D eigenvalue weighted by molar-refractivity contribution is 7.98. The Balaban J connectivity index is 2.35. The lowest BCUT2D eigenvalue weighted by atomic mass is 9.93. The van der Waals surface area contributed by atoms with Crippen LogP contribution < -0.4 is 4.74 Å². The van der Waals surface area contributed by atoms with Gasteiger partial charge in [0.05, 0.1) is 5.92 Å². The maximum Gasteiger partial charge on any atom is 0.314 e. The van der Waals surface area contributed by atoms with Gasteiger partial charge in [0.15, 0.2) is 0 Å². The zero-order valence-corrected chi connectivity index (χ0v) is 11.0. The Morgan fingerprint density at radius 3 is 3.00 bits per heavy atom. The van der Waals surface area contributed by atoms with Gasteiger partial charge in [-0.25, -0.2) is 0 Å². The summed E-state index contributed by atoms with van der Waals surface area (Å²) in [5.41, 5.74) is 2.29. The highest BCUT2D eigenvalue weighted by Gasteiger charge is 2.27. The number of carbonyl (C=O) groups excluding carboxylic acids is 1. The molecule has 3 heteroatoms. The van der Waals surface area contributed by atoms with Gasteiger partial charge in [0.2, 0.25) is 0 Å². The van der Waals surface area contributed by atoms with Gasteiger partial charge in [-0.15, -0.1) is 18.3 Å². The van der Waals surface area contributed by atoms with Crippen molar-refractivity contribution in [2.45, 2.75) is 24.7 Å². The summed E-state index contributed by atoms with van der Waals surface area (Å²) in [6.07, 6.45) is 5.28. The van der Waals surface area contributed by atoms with Crippen LogP contribution in [0.5, 0.6) is 5.75 Å². The minimum Gasteiger partial charge on any atom is -0.426 e. The molecule has 0 amide bonds. The topological polar surface area (TPSA) is 26.3 Å². The number of rotatable bonds is 3. The molecule has 2 nitrogen and oxygen atoms in total. The number of allylic oxidation sites excluding steroid dienone is 1. The number of ether oxygens (including phenoxy) is 1. The Morgan fingerprint density at radius 1 is 1.59 bits per heavy atom. The van der Waals surface area contributed by atoms with Gasteiger partial charge in [-0.05, 0) is 49.3 Å². The Labute approximate surface area is 106 Å². The fourth-order valence-electron chi connectivity index (χ4n) is 2.10. The molecule has 1 unspecified atom stereocenters. The normalized spacial score (nSPS) is 18.5. The average Bonchev–Trinajstić information content (AvgIpc) is 2.30. The van der Waals surface area contributed by atoms with Crippen molar-refractivity contribution in [3.05, 3.63) is 35.9 Å². The van der Waals surface area contributed by atoms with Crippen LogP contribution in [0.1, 0.15) is 17.5 Å². The molecule has 0 bridgehead atoms. The third kappa shape index (κ3) is 2.39. The summed E-state index contributed by atoms with van der Waals surface area (Å²) < 4.78 is 5.38. The molecule has 1 aliphatic heterocycles. The summed E-state index contributed by atoms with van der Waals surface area (Å²) in [5, 5.41) is 0. The second kappa shape index (κ2) is 4.96. The zero-order chi connectivity index (χ0) is 12.4. The molecule has 17 heavy (non-hydrogen) atoms. The number of fused-ring (bicyclic) bond motifs is 1. The number of thioether (sulfide) groups is 1. The van der Waals surface area contributed by atoms with Gasteiger partial charge in [-0.1, -0.05) is 6.08 Å². The third-order valence-corrected chi connectivity index (χ3v) is 3.92. The quantitative estimate of drug-likeness (QED) is 0.355. The average molecular weight is 248 g/mol. The van der Waals surface area contributed by atoms with E-state index in [2.05, 4.69) is 18.9 Å². The van der Waals surface area contributed by atoms with E-state index in [1.54, 1.807) is 17.8 Å². The van der Waals surface area contributed by atoms with E-state index < -0.39 is 0 Å². The summed E-state index contributed by atoms with van der Waals surface area (Å²) in [5.74, 6) is 0.525. The van der Waals surface area contributed by atoms with E-state index >= 15 is 0 Å². The largest absolute Gasteiger partial charge is 0.426 e. The molecule has 1 aromatic carbocycles. The van der Waals surface area contributed by atoms with Crippen LogP contribution in [0.25, 0.3) is 0 Å². The van der Waals surface area contributed by atoms with Crippen molar-refractivity contribution in [2.24, 2.45) is 5.92 Å². The molecule has 0 aromatic heterocycles.